The van der Waals surface area contributed by atoms with E-state index in [0.717, 1.165) is 34.8 Å². The highest BCUT2D eigenvalue weighted by Gasteiger charge is 2.47. The van der Waals surface area contributed by atoms with Crippen LogP contribution >= 0.6 is 22.6 Å². The van der Waals surface area contributed by atoms with Gasteiger partial charge in [-0.3, -0.25) is 4.79 Å². The van der Waals surface area contributed by atoms with E-state index in [1.54, 1.807) is 11.9 Å². The Morgan fingerprint density at radius 2 is 2.10 bits per heavy atom. The minimum atomic E-state index is -0.541. The van der Waals surface area contributed by atoms with E-state index in [1.165, 1.54) is 6.42 Å². The van der Waals surface area contributed by atoms with Crippen LogP contribution in [-0.4, -0.2) is 22.5 Å². The van der Waals surface area contributed by atoms with E-state index in [9.17, 15) is 4.79 Å². The van der Waals surface area contributed by atoms with Gasteiger partial charge in [0.15, 0.2) is 0 Å². The molecular formula is C15H17IN2O2. The second-order valence-electron chi connectivity index (χ2n) is 5.36. The minimum Gasteiger partial charge on any atom is -0.447 e. The lowest BCUT2D eigenvalue weighted by Gasteiger charge is -2.37. The highest BCUT2D eigenvalue weighted by atomic mass is 127. The summed E-state index contributed by atoms with van der Waals surface area (Å²) in [5.74, 6) is 0.521. The molecule has 0 aromatic heterocycles. The van der Waals surface area contributed by atoms with Gasteiger partial charge in [-0.05, 0) is 53.6 Å². The molecular weight excluding hydrogens is 367 g/mol. The number of hydrogen-bond donors (Lipinski definition) is 0. The Bertz CT molecular complexity index is 565. The molecule has 5 heteroatoms. The quantitative estimate of drug-likeness (QED) is 0.696. The Labute approximate surface area is 132 Å². The fraction of sp³-hybridized carbons (Fsp3) is 0.467. The molecule has 1 aromatic carbocycles. The van der Waals surface area contributed by atoms with Crippen LogP contribution in [0.25, 0.3) is 0 Å². The van der Waals surface area contributed by atoms with E-state index in [0.29, 0.717) is 5.90 Å². The number of rotatable bonds is 1. The van der Waals surface area contributed by atoms with Crippen molar-refractivity contribution in [3.05, 3.63) is 33.4 Å². The maximum absolute atomic E-state index is 11.9. The second-order valence-corrected chi connectivity index (χ2v) is 6.60. The predicted molar refractivity (Wildman–Crippen MR) is 85.1 cm³/mol. The fourth-order valence-corrected chi connectivity index (χ4v) is 3.48. The van der Waals surface area contributed by atoms with Gasteiger partial charge in [0.1, 0.15) is 0 Å². The van der Waals surface area contributed by atoms with Gasteiger partial charge in [0, 0.05) is 28.9 Å². The number of benzene rings is 1. The van der Waals surface area contributed by atoms with E-state index in [-0.39, 0.29) is 5.91 Å². The maximum Gasteiger partial charge on any atom is 0.243 e. The standard InChI is InChI=1S/C15H17IN2O2/c1-11(19)18-15(8-3-2-4-9-15)20-14(17-18)12-6-5-7-13(16)10-12/h5-7,10H,2-4,8-9H2,1H3. The lowest BCUT2D eigenvalue weighted by atomic mass is 9.91. The van der Waals surface area contributed by atoms with Crippen LogP contribution in [0.2, 0.25) is 0 Å². The van der Waals surface area contributed by atoms with Gasteiger partial charge >= 0.3 is 0 Å². The van der Waals surface area contributed by atoms with Crippen LogP contribution in [0.3, 0.4) is 0 Å². The molecule has 0 N–H and O–H groups in total. The van der Waals surface area contributed by atoms with Crippen molar-refractivity contribution in [2.75, 3.05) is 0 Å². The average molecular weight is 384 g/mol. The Kier molecular flexibility index (Phi) is 3.70. The van der Waals surface area contributed by atoms with E-state index in [4.69, 9.17) is 4.74 Å². The second kappa shape index (κ2) is 5.35. The molecule has 1 saturated carbocycles. The van der Waals surface area contributed by atoms with E-state index in [1.807, 2.05) is 24.3 Å². The zero-order valence-electron chi connectivity index (χ0n) is 11.4. The van der Waals surface area contributed by atoms with Gasteiger partial charge in [-0.15, -0.1) is 5.10 Å². The molecule has 106 valence electrons. The van der Waals surface area contributed by atoms with Gasteiger partial charge in [-0.25, -0.2) is 0 Å². The molecule has 2 aliphatic rings. The third-order valence-electron chi connectivity index (χ3n) is 3.87. The first-order valence-corrected chi connectivity index (χ1v) is 8.03. The van der Waals surface area contributed by atoms with Crippen molar-refractivity contribution in [1.29, 1.82) is 0 Å². The highest BCUT2D eigenvalue weighted by molar-refractivity contribution is 14.1. The number of carbonyl (C=O) groups excluding carboxylic acids is 1. The molecule has 4 nitrogen and oxygen atoms in total. The number of amides is 1. The van der Waals surface area contributed by atoms with Crippen LogP contribution in [0.5, 0.6) is 0 Å². The van der Waals surface area contributed by atoms with Gasteiger partial charge < -0.3 is 4.74 Å². The maximum atomic E-state index is 11.9. The summed E-state index contributed by atoms with van der Waals surface area (Å²) in [5, 5.41) is 6.01. The van der Waals surface area contributed by atoms with Gasteiger partial charge in [0.25, 0.3) is 0 Å². The van der Waals surface area contributed by atoms with E-state index >= 15 is 0 Å². The average Bonchev–Trinajstić information content (AvgIpc) is 2.79. The van der Waals surface area contributed by atoms with Gasteiger partial charge in [0.05, 0.1) is 0 Å². The third kappa shape index (κ3) is 2.43. The van der Waals surface area contributed by atoms with Gasteiger partial charge in [0.2, 0.25) is 17.5 Å². The first-order chi connectivity index (χ1) is 9.61. The van der Waals surface area contributed by atoms with Crippen LogP contribution in [0, 0.1) is 3.57 Å². The smallest absolute Gasteiger partial charge is 0.243 e. The molecule has 0 radical (unpaired) electrons. The largest absolute Gasteiger partial charge is 0.447 e. The molecule has 1 fully saturated rings. The third-order valence-corrected chi connectivity index (χ3v) is 4.54. The summed E-state index contributed by atoms with van der Waals surface area (Å²) in [4.78, 5) is 11.9. The van der Waals surface area contributed by atoms with Crippen molar-refractivity contribution in [3.63, 3.8) is 0 Å². The summed E-state index contributed by atoms with van der Waals surface area (Å²) in [6.45, 7) is 1.56. The summed E-state index contributed by atoms with van der Waals surface area (Å²) in [6.07, 6.45) is 5.10. The summed E-state index contributed by atoms with van der Waals surface area (Å²) >= 11 is 2.27. The van der Waals surface area contributed by atoms with Crippen LogP contribution in [0.1, 0.15) is 44.6 Å². The number of halogens is 1. The van der Waals surface area contributed by atoms with Crippen molar-refractivity contribution in [3.8, 4) is 0 Å². The number of carbonyl (C=O) groups is 1. The van der Waals surface area contributed by atoms with Crippen molar-refractivity contribution in [2.24, 2.45) is 5.10 Å². The molecule has 1 aliphatic heterocycles. The molecule has 1 heterocycles. The normalized spacial score (nSPS) is 20.7. The molecule has 0 unspecified atom stereocenters. The molecule has 1 aromatic rings. The molecule has 0 bridgehead atoms. The van der Waals surface area contributed by atoms with Crippen LogP contribution < -0.4 is 0 Å². The number of hydrogen-bond acceptors (Lipinski definition) is 3. The van der Waals surface area contributed by atoms with Crippen molar-refractivity contribution in [1.82, 2.24) is 5.01 Å². The van der Waals surface area contributed by atoms with E-state index < -0.39 is 5.72 Å². The first kappa shape index (κ1) is 13.9. The molecule has 3 rings (SSSR count). The van der Waals surface area contributed by atoms with Gasteiger partial charge in [-0.1, -0.05) is 12.5 Å². The number of nitrogens with zero attached hydrogens (tertiary/aromatic N) is 2. The minimum absolute atomic E-state index is 0.0486. The number of ether oxygens (including phenoxy) is 1. The summed E-state index contributed by atoms with van der Waals surface area (Å²) < 4.78 is 7.29. The highest BCUT2D eigenvalue weighted by Crippen LogP contribution is 2.39. The van der Waals surface area contributed by atoms with Crippen molar-refractivity contribution in [2.45, 2.75) is 44.8 Å². The monoisotopic (exact) mass is 384 g/mol. The van der Waals surface area contributed by atoms with Crippen molar-refractivity contribution < 1.29 is 9.53 Å². The van der Waals surface area contributed by atoms with Crippen LogP contribution in [0.15, 0.2) is 29.4 Å². The first-order valence-electron chi connectivity index (χ1n) is 6.95. The lowest BCUT2D eigenvalue weighted by Crippen LogP contribution is -2.48. The zero-order chi connectivity index (χ0) is 14.2. The Hall–Kier alpha value is -1.11. The topological polar surface area (TPSA) is 41.9 Å². The van der Waals surface area contributed by atoms with E-state index in [2.05, 4.69) is 27.7 Å². The molecule has 0 atom stereocenters. The van der Waals surface area contributed by atoms with Crippen LogP contribution in [0.4, 0.5) is 0 Å². The molecule has 1 spiro atoms. The van der Waals surface area contributed by atoms with Crippen molar-refractivity contribution >= 4 is 34.4 Å². The number of hydrazone groups is 1. The van der Waals surface area contributed by atoms with Crippen LogP contribution in [-0.2, 0) is 9.53 Å². The Morgan fingerprint density at radius 1 is 1.35 bits per heavy atom. The predicted octanol–water partition coefficient (Wildman–Crippen LogP) is 3.49. The Morgan fingerprint density at radius 3 is 2.75 bits per heavy atom. The molecule has 0 saturated heterocycles. The summed E-state index contributed by atoms with van der Waals surface area (Å²) in [6, 6.07) is 8.01. The molecule has 20 heavy (non-hydrogen) atoms. The molecule has 1 amide bonds. The molecule has 1 aliphatic carbocycles. The summed E-state index contributed by atoms with van der Waals surface area (Å²) in [7, 11) is 0. The Balaban J connectivity index is 1.94. The van der Waals surface area contributed by atoms with Gasteiger partial charge in [-0.2, -0.15) is 5.01 Å². The fourth-order valence-electron chi connectivity index (χ4n) is 2.94. The summed E-state index contributed by atoms with van der Waals surface area (Å²) in [5.41, 5.74) is 0.395. The lowest BCUT2D eigenvalue weighted by molar-refractivity contribution is -0.151. The SMILES string of the molecule is CC(=O)N1N=C(c2cccc(I)c2)OC12CCCCC2. The zero-order valence-corrected chi connectivity index (χ0v) is 13.6.